The summed E-state index contributed by atoms with van der Waals surface area (Å²) in [6.07, 6.45) is 5.62. The standard InChI is InChI=1S/C28H28O3/c1-30-26-14-13-22(20-27(26)31-2)25(29)19-21-15-17-28(18-16-21,23-9-5-3-6-10-23)24-11-7-4-8-12-24/h3-14,19-20H,15-18H2,1-2H3. The van der Waals surface area contributed by atoms with Crippen molar-refractivity contribution in [3.63, 3.8) is 0 Å². The normalized spacial score (nSPS) is 15.2. The molecule has 3 aromatic rings. The lowest BCUT2D eigenvalue weighted by molar-refractivity contribution is 0.104. The monoisotopic (exact) mass is 412 g/mol. The second-order valence-corrected chi connectivity index (χ2v) is 8.05. The molecular weight excluding hydrogens is 384 g/mol. The summed E-state index contributed by atoms with van der Waals surface area (Å²) in [6, 6.07) is 26.9. The average molecular weight is 413 g/mol. The van der Waals surface area contributed by atoms with Crippen molar-refractivity contribution in [1.82, 2.24) is 0 Å². The summed E-state index contributed by atoms with van der Waals surface area (Å²) in [6.45, 7) is 0. The van der Waals surface area contributed by atoms with Gasteiger partial charge >= 0.3 is 0 Å². The first-order chi connectivity index (χ1) is 15.2. The predicted octanol–water partition coefficient (Wildman–Crippen LogP) is 6.37. The second kappa shape index (κ2) is 9.22. The van der Waals surface area contributed by atoms with Gasteiger partial charge in [0.25, 0.3) is 0 Å². The number of rotatable bonds is 6. The third kappa shape index (κ3) is 4.27. The Bertz CT molecular complexity index is 1020. The van der Waals surface area contributed by atoms with Gasteiger partial charge in [-0.05, 0) is 61.1 Å². The van der Waals surface area contributed by atoms with Crippen molar-refractivity contribution in [3.05, 3.63) is 107 Å². The van der Waals surface area contributed by atoms with Crippen molar-refractivity contribution < 1.29 is 14.3 Å². The molecular formula is C28H28O3. The number of hydrogen-bond acceptors (Lipinski definition) is 3. The van der Waals surface area contributed by atoms with Gasteiger partial charge in [-0.2, -0.15) is 0 Å². The van der Waals surface area contributed by atoms with Crippen LogP contribution in [0.15, 0.2) is 90.5 Å². The first-order valence-corrected chi connectivity index (χ1v) is 10.7. The van der Waals surface area contributed by atoms with Crippen LogP contribution in [0.4, 0.5) is 0 Å². The highest BCUT2D eigenvalue weighted by Crippen LogP contribution is 2.46. The number of ketones is 1. The van der Waals surface area contributed by atoms with Crippen molar-refractivity contribution in [1.29, 1.82) is 0 Å². The summed E-state index contributed by atoms with van der Waals surface area (Å²) in [7, 11) is 3.17. The maximum atomic E-state index is 12.9. The molecule has 1 aliphatic rings. The molecule has 0 saturated heterocycles. The molecule has 1 saturated carbocycles. The van der Waals surface area contributed by atoms with Crippen LogP contribution in [-0.2, 0) is 5.41 Å². The number of ether oxygens (including phenoxy) is 2. The lowest BCUT2D eigenvalue weighted by atomic mass is 9.64. The largest absolute Gasteiger partial charge is 0.493 e. The van der Waals surface area contributed by atoms with Crippen LogP contribution in [-0.4, -0.2) is 20.0 Å². The predicted molar refractivity (Wildman–Crippen MR) is 124 cm³/mol. The summed E-state index contributed by atoms with van der Waals surface area (Å²) >= 11 is 0. The van der Waals surface area contributed by atoms with Gasteiger partial charge in [0.2, 0.25) is 0 Å². The minimum atomic E-state index is -0.00770. The topological polar surface area (TPSA) is 35.5 Å². The molecule has 0 heterocycles. The summed E-state index contributed by atoms with van der Waals surface area (Å²) in [5.41, 5.74) is 4.53. The van der Waals surface area contributed by atoms with E-state index < -0.39 is 0 Å². The lowest BCUT2D eigenvalue weighted by Crippen LogP contribution is -2.31. The fraction of sp³-hybridized carbons (Fsp3) is 0.250. The highest BCUT2D eigenvalue weighted by Gasteiger charge is 2.36. The average Bonchev–Trinajstić information content (AvgIpc) is 2.85. The highest BCUT2D eigenvalue weighted by molar-refractivity contribution is 6.05. The van der Waals surface area contributed by atoms with Gasteiger partial charge in [0, 0.05) is 11.0 Å². The van der Waals surface area contributed by atoms with Gasteiger partial charge in [-0.3, -0.25) is 4.79 Å². The number of carbonyl (C=O) groups excluding carboxylic acids is 1. The van der Waals surface area contributed by atoms with E-state index in [0.717, 1.165) is 25.7 Å². The molecule has 0 spiro atoms. The molecule has 0 unspecified atom stereocenters. The fourth-order valence-electron chi connectivity index (χ4n) is 4.66. The molecule has 1 aliphatic carbocycles. The van der Waals surface area contributed by atoms with E-state index in [9.17, 15) is 4.79 Å². The van der Waals surface area contributed by atoms with E-state index >= 15 is 0 Å². The Morgan fingerprint density at radius 2 is 1.32 bits per heavy atom. The maximum absolute atomic E-state index is 12.9. The van der Waals surface area contributed by atoms with Crippen LogP contribution >= 0.6 is 0 Å². The van der Waals surface area contributed by atoms with Crippen LogP contribution in [0.2, 0.25) is 0 Å². The van der Waals surface area contributed by atoms with Gasteiger partial charge in [-0.15, -0.1) is 0 Å². The van der Waals surface area contributed by atoms with Gasteiger partial charge < -0.3 is 9.47 Å². The first kappa shape index (κ1) is 20.9. The van der Waals surface area contributed by atoms with Gasteiger partial charge in [-0.1, -0.05) is 66.2 Å². The van der Waals surface area contributed by atoms with E-state index in [0.29, 0.717) is 17.1 Å². The number of benzene rings is 3. The molecule has 1 fully saturated rings. The van der Waals surface area contributed by atoms with Crippen LogP contribution < -0.4 is 9.47 Å². The fourth-order valence-corrected chi connectivity index (χ4v) is 4.66. The number of carbonyl (C=O) groups is 1. The van der Waals surface area contributed by atoms with E-state index in [4.69, 9.17) is 9.47 Å². The molecule has 0 atom stereocenters. The van der Waals surface area contributed by atoms with Crippen molar-refractivity contribution >= 4 is 5.78 Å². The van der Waals surface area contributed by atoms with E-state index in [1.807, 2.05) is 6.08 Å². The molecule has 158 valence electrons. The Balaban J connectivity index is 1.57. The summed E-state index contributed by atoms with van der Waals surface area (Å²) in [5, 5.41) is 0. The van der Waals surface area contributed by atoms with Crippen molar-refractivity contribution in [2.75, 3.05) is 14.2 Å². The lowest BCUT2D eigenvalue weighted by Gasteiger charge is -2.39. The smallest absolute Gasteiger partial charge is 0.185 e. The Hall–Kier alpha value is -3.33. The summed E-state index contributed by atoms with van der Waals surface area (Å²) in [4.78, 5) is 12.9. The van der Waals surface area contributed by atoms with E-state index in [1.54, 1.807) is 32.4 Å². The van der Waals surface area contributed by atoms with Crippen molar-refractivity contribution in [3.8, 4) is 11.5 Å². The molecule has 0 aliphatic heterocycles. The Morgan fingerprint density at radius 1 is 0.774 bits per heavy atom. The molecule has 0 bridgehead atoms. The Kier molecular flexibility index (Phi) is 6.22. The van der Waals surface area contributed by atoms with Gasteiger partial charge in [0.1, 0.15) is 0 Å². The van der Waals surface area contributed by atoms with Crippen LogP contribution in [0.1, 0.15) is 47.2 Å². The van der Waals surface area contributed by atoms with Crippen LogP contribution in [0.25, 0.3) is 0 Å². The van der Waals surface area contributed by atoms with Gasteiger partial charge in [-0.25, -0.2) is 0 Å². The molecule has 0 amide bonds. The van der Waals surface area contributed by atoms with Crippen LogP contribution in [0, 0.1) is 0 Å². The van der Waals surface area contributed by atoms with E-state index in [2.05, 4.69) is 60.7 Å². The number of hydrogen-bond donors (Lipinski definition) is 0. The second-order valence-electron chi connectivity index (χ2n) is 8.05. The zero-order valence-electron chi connectivity index (χ0n) is 18.1. The zero-order valence-corrected chi connectivity index (χ0v) is 18.1. The Morgan fingerprint density at radius 3 is 1.84 bits per heavy atom. The quantitative estimate of drug-likeness (QED) is 0.348. The first-order valence-electron chi connectivity index (χ1n) is 10.7. The third-order valence-corrected chi connectivity index (χ3v) is 6.40. The number of allylic oxidation sites excluding steroid dienone is 2. The van der Waals surface area contributed by atoms with E-state index in [-0.39, 0.29) is 11.2 Å². The van der Waals surface area contributed by atoms with Crippen molar-refractivity contribution in [2.24, 2.45) is 0 Å². The minimum Gasteiger partial charge on any atom is -0.493 e. The molecule has 0 radical (unpaired) electrons. The molecule has 4 rings (SSSR count). The van der Waals surface area contributed by atoms with Gasteiger partial charge in [0.05, 0.1) is 14.2 Å². The molecule has 3 heteroatoms. The molecule has 0 aromatic heterocycles. The zero-order chi connectivity index (χ0) is 21.7. The van der Waals surface area contributed by atoms with Crippen LogP contribution in [0.3, 0.4) is 0 Å². The highest BCUT2D eigenvalue weighted by atomic mass is 16.5. The van der Waals surface area contributed by atoms with Crippen LogP contribution in [0.5, 0.6) is 11.5 Å². The SMILES string of the molecule is COc1ccc(C(=O)C=C2CCC(c3ccccc3)(c3ccccc3)CC2)cc1OC. The molecule has 3 nitrogen and oxygen atoms in total. The van der Waals surface area contributed by atoms with E-state index in [1.165, 1.54) is 16.7 Å². The molecule has 31 heavy (non-hydrogen) atoms. The maximum Gasteiger partial charge on any atom is 0.185 e. The minimum absolute atomic E-state index is 0.00770. The summed E-state index contributed by atoms with van der Waals surface area (Å²) < 4.78 is 10.6. The van der Waals surface area contributed by atoms with Gasteiger partial charge in [0.15, 0.2) is 17.3 Å². The number of methoxy groups -OCH3 is 2. The molecule has 3 aromatic carbocycles. The third-order valence-electron chi connectivity index (χ3n) is 6.40. The summed E-state index contributed by atoms with van der Waals surface area (Å²) in [5.74, 6) is 1.21. The van der Waals surface area contributed by atoms with Crippen molar-refractivity contribution in [2.45, 2.75) is 31.1 Å². The molecule has 0 N–H and O–H groups in total. The Labute approximate surface area is 184 Å².